The number of benzene rings is 1. The SMILES string of the molecule is CO[C@](C(=O)O[C@H]1CC(=O)[C@@H](C)C[C@@H]2OC(=O)[C@@H](C)[C@@H]2C/C=C\1C)(c1ccccc1)C(F)(F)F. The van der Waals surface area contributed by atoms with Gasteiger partial charge in [-0.15, -0.1) is 0 Å². The molecule has 34 heavy (non-hydrogen) atoms. The Morgan fingerprint density at radius 1 is 1.12 bits per heavy atom. The van der Waals surface area contributed by atoms with Crippen molar-refractivity contribution in [2.45, 2.75) is 64.0 Å². The molecule has 1 heterocycles. The van der Waals surface area contributed by atoms with Crippen LogP contribution < -0.4 is 0 Å². The molecule has 1 aromatic rings. The van der Waals surface area contributed by atoms with Gasteiger partial charge in [0.2, 0.25) is 0 Å². The molecule has 0 spiro atoms. The van der Waals surface area contributed by atoms with Crippen molar-refractivity contribution in [2.75, 3.05) is 7.11 Å². The van der Waals surface area contributed by atoms with Crippen molar-refractivity contribution >= 4 is 17.7 Å². The number of rotatable bonds is 4. The van der Waals surface area contributed by atoms with Crippen LogP contribution in [0.25, 0.3) is 0 Å². The first-order chi connectivity index (χ1) is 15.9. The first-order valence-corrected chi connectivity index (χ1v) is 11.2. The van der Waals surface area contributed by atoms with Crippen molar-refractivity contribution in [1.82, 2.24) is 0 Å². The lowest BCUT2D eigenvalue weighted by molar-refractivity contribution is -0.277. The molecule has 0 amide bonds. The standard InChI is InChI=1S/C25H29F3O6/c1-14-10-11-18-16(3)22(30)33-21(18)12-15(2)19(29)13-20(14)34-23(31)24(32-4,25(26,27)28)17-8-6-5-7-9-17/h5-10,15-16,18,20-21H,11-13H2,1-4H3/b14-10-/t15-,16-,18-,20-,21-,24-/m0/s1. The van der Waals surface area contributed by atoms with E-state index in [0.717, 1.165) is 19.2 Å². The average molecular weight is 482 g/mol. The van der Waals surface area contributed by atoms with Crippen LogP contribution in [0.5, 0.6) is 0 Å². The highest BCUT2D eigenvalue weighted by molar-refractivity contribution is 5.85. The van der Waals surface area contributed by atoms with Gasteiger partial charge in [-0.2, -0.15) is 13.2 Å². The van der Waals surface area contributed by atoms with Gasteiger partial charge in [-0.1, -0.05) is 50.3 Å². The minimum atomic E-state index is -5.12. The summed E-state index contributed by atoms with van der Waals surface area (Å²) in [5.41, 5.74) is -3.33. The van der Waals surface area contributed by atoms with Crippen LogP contribution in [0.3, 0.4) is 0 Å². The number of carbonyl (C=O) groups excluding carboxylic acids is 3. The van der Waals surface area contributed by atoms with Crippen LogP contribution in [-0.2, 0) is 34.2 Å². The Kier molecular flexibility index (Phi) is 7.55. The van der Waals surface area contributed by atoms with E-state index in [1.54, 1.807) is 26.8 Å². The van der Waals surface area contributed by atoms with Gasteiger partial charge in [-0.25, -0.2) is 4.79 Å². The quantitative estimate of drug-likeness (QED) is 0.464. The molecule has 0 unspecified atom stereocenters. The molecular weight excluding hydrogens is 453 g/mol. The summed E-state index contributed by atoms with van der Waals surface area (Å²) in [7, 11) is 0.795. The molecule has 9 heteroatoms. The minimum absolute atomic E-state index is 0.176. The Morgan fingerprint density at radius 2 is 1.76 bits per heavy atom. The number of methoxy groups -OCH3 is 1. The molecule has 0 radical (unpaired) electrons. The average Bonchev–Trinajstić information content (AvgIpc) is 3.04. The Labute approximate surface area is 196 Å². The Balaban J connectivity index is 1.95. The summed E-state index contributed by atoms with van der Waals surface area (Å²) in [5, 5.41) is 0. The third-order valence-corrected chi connectivity index (χ3v) is 6.92. The lowest BCUT2D eigenvalue weighted by atomic mass is 9.81. The summed E-state index contributed by atoms with van der Waals surface area (Å²) in [6, 6.07) is 6.53. The normalized spacial score (nSPS) is 31.5. The van der Waals surface area contributed by atoms with Crippen molar-refractivity contribution < 1.29 is 41.8 Å². The van der Waals surface area contributed by atoms with Crippen molar-refractivity contribution in [1.29, 1.82) is 0 Å². The third-order valence-electron chi connectivity index (χ3n) is 6.92. The second-order valence-electron chi connectivity index (χ2n) is 9.06. The predicted octanol–water partition coefficient (Wildman–Crippen LogP) is 4.52. The van der Waals surface area contributed by atoms with Crippen LogP contribution in [-0.4, -0.2) is 43.2 Å². The van der Waals surface area contributed by atoms with Gasteiger partial charge in [0.25, 0.3) is 5.60 Å². The Bertz CT molecular complexity index is 957. The van der Waals surface area contributed by atoms with E-state index in [-0.39, 0.29) is 30.0 Å². The molecule has 0 bridgehead atoms. The van der Waals surface area contributed by atoms with Crippen molar-refractivity contribution in [3.8, 4) is 0 Å². The fraction of sp³-hybridized carbons (Fsp3) is 0.560. The van der Waals surface area contributed by atoms with Crippen LogP contribution in [0.15, 0.2) is 42.0 Å². The van der Waals surface area contributed by atoms with Gasteiger partial charge in [0.15, 0.2) is 0 Å². The second-order valence-corrected chi connectivity index (χ2v) is 9.06. The molecular formula is C25H29F3O6. The van der Waals surface area contributed by atoms with E-state index in [2.05, 4.69) is 0 Å². The van der Waals surface area contributed by atoms with E-state index in [1.807, 2.05) is 0 Å². The van der Waals surface area contributed by atoms with E-state index in [0.29, 0.717) is 18.4 Å². The lowest BCUT2D eigenvalue weighted by Gasteiger charge is -2.34. The smallest absolute Gasteiger partial charge is 0.432 e. The number of alkyl halides is 3. The van der Waals surface area contributed by atoms with Gasteiger partial charge in [0.1, 0.15) is 18.0 Å². The summed E-state index contributed by atoms with van der Waals surface area (Å²) in [5.74, 6) is -3.35. The molecule has 1 fully saturated rings. The predicted molar refractivity (Wildman–Crippen MR) is 115 cm³/mol. The molecule has 2 aliphatic rings. The molecule has 1 aromatic carbocycles. The van der Waals surface area contributed by atoms with Gasteiger partial charge >= 0.3 is 18.1 Å². The molecule has 6 atom stereocenters. The van der Waals surface area contributed by atoms with Gasteiger partial charge in [0.05, 0.1) is 5.92 Å². The lowest BCUT2D eigenvalue weighted by Crippen LogP contribution is -2.52. The summed E-state index contributed by atoms with van der Waals surface area (Å²) in [4.78, 5) is 38.1. The topological polar surface area (TPSA) is 78.9 Å². The molecule has 1 aliphatic carbocycles. The number of allylic oxidation sites excluding steroid dienone is 1. The van der Waals surface area contributed by atoms with Crippen LogP contribution in [0, 0.1) is 17.8 Å². The van der Waals surface area contributed by atoms with E-state index >= 15 is 0 Å². The molecule has 1 aliphatic heterocycles. The monoisotopic (exact) mass is 482 g/mol. The van der Waals surface area contributed by atoms with E-state index in [1.165, 1.54) is 18.2 Å². The molecule has 6 nitrogen and oxygen atoms in total. The molecule has 0 saturated carbocycles. The van der Waals surface area contributed by atoms with Crippen LogP contribution in [0.4, 0.5) is 13.2 Å². The molecule has 0 aromatic heterocycles. The van der Waals surface area contributed by atoms with Crippen molar-refractivity contribution in [2.24, 2.45) is 17.8 Å². The van der Waals surface area contributed by atoms with E-state index in [9.17, 15) is 27.6 Å². The number of ketones is 1. The first kappa shape index (κ1) is 25.9. The second kappa shape index (κ2) is 9.90. The zero-order valence-corrected chi connectivity index (χ0v) is 19.6. The van der Waals surface area contributed by atoms with Gasteiger partial charge in [-0.05, 0) is 25.3 Å². The highest BCUT2D eigenvalue weighted by Crippen LogP contribution is 2.44. The Morgan fingerprint density at radius 3 is 2.35 bits per heavy atom. The summed E-state index contributed by atoms with van der Waals surface area (Å²) < 4.78 is 58.4. The highest BCUT2D eigenvalue weighted by atomic mass is 19.4. The molecule has 3 rings (SSSR count). The maximum absolute atomic E-state index is 14.2. The zero-order chi connectivity index (χ0) is 25.3. The summed E-state index contributed by atoms with van der Waals surface area (Å²) in [6.45, 7) is 5.02. The van der Waals surface area contributed by atoms with E-state index < -0.39 is 41.4 Å². The fourth-order valence-corrected chi connectivity index (χ4v) is 4.63. The molecule has 0 N–H and O–H groups in total. The minimum Gasteiger partial charge on any atom is -0.462 e. The van der Waals surface area contributed by atoms with Crippen molar-refractivity contribution in [3.63, 3.8) is 0 Å². The molecule has 186 valence electrons. The number of ether oxygens (including phenoxy) is 3. The highest BCUT2D eigenvalue weighted by Gasteiger charge is 2.64. The largest absolute Gasteiger partial charge is 0.462 e. The summed E-state index contributed by atoms with van der Waals surface area (Å²) >= 11 is 0. The Hall–Kier alpha value is -2.68. The number of fused-ring (bicyclic) bond motifs is 1. The number of carbonyl (C=O) groups is 3. The maximum atomic E-state index is 14.2. The number of esters is 2. The fourth-order valence-electron chi connectivity index (χ4n) is 4.63. The van der Waals surface area contributed by atoms with Crippen LogP contribution in [0.1, 0.15) is 45.6 Å². The third kappa shape index (κ3) is 4.76. The van der Waals surface area contributed by atoms with Crippen LogP contribution >= 0.6 is 0 Å². The maximum Gasteiger partial charge on any atom is 0.432 e. The van der Waals surface area contributed by atoms with E-state index in [4.69, 9.17) is 14.2 Å². The van der Waals surface area contributed by atoms with Gasteiger partial charge in [0, 0.05) is 30.9 Å². The number of hydrogen-bond donors (Lipinski definition) is 0. The zero-order valence-electron chi connectivity index (χ0n) is 19.6. The summed E-state index contributed by atoms with van der Waals surface area (Å²) in [6.07, 6.45) is -4.59. The number of hydrogen-bond acceptors (Lipinski definition) is 6. The number of halogens is 3. The van der Waals surface area contributed by atoms with Gasteiger partial charge < -0.3 is 14.2 Å². The number of Topliss-reactive ketones (excluding diaryl/α,β-unsaturated/α-hetero) is 1. The van der Waals surface area contributed by atoms with Crippen molar-refractivity contribution in [3.05, 3.63) is 47.5 Å². The first-order valence-electron chi connectivity index (χ1n) is 11.2. The van der Waals surface area contributed by atoms with Gasteiger partial charge in [-0.3, -0.25) is 9.59 Å². The van der Waals surface area contributed by atoms with Crippen LogP contribution in [0.2, 0.25) is 0 Å². The molecule has 1 saturated heterocycles.